The second-order valence-corrected chi connectivity index (χ2v) is 6.96. The van der Waals surface area contributed by atoms with Crippen LogP contribution in [0, 0.1) is 5.41 Å². The summed E-state index contributed by atoms with van der Waals surface area (Å²) >= 11 is 0. The van der Waals surface area contributed by atoms with Crippen LogP contribution in [-0.4, -0.2) is 46.2 Å². The molecule has 6 heteroatoms. The zero-order valence-corrected chi connectivity index (χ0v) is 14.1. The Morgan fingerprint density at radius 1 is 1.38 bits per heavy atom. The number of hydrogen-bond acceptors (Lipinski definition) is 3. The summed E-state index contributed by atoms with van der Waals surface area (Å²) in [4.78, 5) is 11.1. The molecule has 2 fully saturated rings. The summed E-state index contributed by atoms with van der Waals surface area (Å²) in [6, 6.07) is 8.35. The summed E-state index contributed by atoms with van der Waals surface area (Å²) in [6.07, 6.45) is 7.02. The SMILES string of the molecule is CN=C(NCc1cccc(-c2ncn[nH]2)c1)N1CCC2(CCC2)C1. The Labute approximate surface area is 142 Å². The Bertz CT molecular complexity index is 717. The third-order valence-corrected chi connectivity index (χ3v) is 5.43. The van der Waals surface area contributed by atoms with Gasteiger partial charge in [0.1, 0.15) is 6.33 Å². The van der Waals surface area contributed by atoms with E-state index >= 15 is 0 Å². The van der Waals surface area contributed by atoms with Crippen molar-refractivity contribution in [3.05, 3.63) is 36.2 Å². The van der Waals surface area contributed by atoms with E-state index in [1.807, 2.05) is 13.1 Å². The topological polar surface area (TPSA) is 69.2 Å². The number of H-pyrrole nitrogens is 1. The maximum Gasteiger partial charge on any atom is 0.193 e. The molecular weight excluding hydrogens is 300 g/mol. The predicted molar refractivity (Wildman–Crippen MR) is 94.5 cm³/mol. The van der Waals surface area contributed by atoms with Crippen LogP contribution in [0.3, 0.4) is 0 Å². The zero-order chi connectivity index (χ0) is 16.4. The molecule has 24 heavy (non-hydrogen) atoms. The highest BCUT2D eigenvalue weighted by Gasteiger charge is 2.43. The van der Waals surface area contributed by atoms with Crippen LogP contribution in [0.5, 0.6) is 0 Å². The minimum absolute atomic E-state index is 0.587. The van der Waals surface area contributed by atoms with Gasteiger partial charge in [0, 0.05) is 32.2 Å². The summed E-state index contributed by atoms with van der Waals surface area (Å²) in [7, 11) is 1.87. The van der Waals surface area contributed by atoms with E-state index in [1.54, 1.807) is 0 Å². The van der Waals surface area contributed by atoms with Crippen LogP contribution in [0.15, 0.2) is 35.6 Å². The van der Waals surface area contributed by atoms with Gasteiger partial charge in [-0.1, -0.05) is 24.6 Å². The normalized spacial score (nSPS) is 19.5. The van der Waals surface area contributed by atoms with Gasteiger partial charge in [0.2, 0.25) is 0 Å². The van der Waals surface area contributed by atoms with Crippen molar-refractivity contribution in [1.82, 2.24) is 25.4 Å². The highest BCUT2D eigenvalue weighted by atomic mass is 15.3. The molecule has 4 rings (SSSR count). The van der Waals surface area contributed by atoms with Crippen LogP contribution in [0.25, 0.3) is 11.4 Å². The fourth-order valence-corrected chi connectivity index (χ4v) is 3.89. The molecule has 0 radical (unpaired) electrons. The average Bonchev–Trinajstić information content (AvgIpc) is 3.25. The van der Waals surface area contributed by atoms with Crippen molar-refractivity contribution in [2.45, 2.75) is 32.2 Å². The Kier molecular flexibility index (Phi) is 3.96. The van der Waals surface area contributed by atoms with Gasteiger partial charge in [-0.2, -0.15) is 5.10 Å². The predicted octanol–water partition coefficient (Wildman–Crippen LogP) is 2.42. The van der Waals surface area contributed by atoms with Crippen LogP contribution in [0.4, 0.5) is 0 Å². The molecule has 1 aromatic carbocycles. The fourth-order valence-electron chi connectivity index (χ4n) is 3.89. The summed E-state index contributed by atoms with van der Waals surface area (Å²) in [5.74, 6) is 1.82. The van der Waals surface area contributed by atoms with Crippen LogP contribution < -0.4 is 5.32 Å². The van der Waals surface area contributed by atoms with Gasteiger partial charge in [0.15, 0.2) is 11.8 Å². The average molecular weight is 324 g/mol. The van der Waals surface area contributed by atoms with Gasteiger partial charge >= 0.3 is 0 Å². The van der Waals surface area contributed by atoms with E-state index in [2.05, 4.69) is 48.6 Å². The smallest absolute Gasteiger partial charge is 0.193 e. The maximum atomic E-state index is 4.48. The number of nitrogens with zero attached hydrogens (tertiary/aromatic N) is 4. The van der Waals surface area contributed by atoms with Gasteiger partial charge in [0.25, 0.3) is 0 Å². The lowest BCUT2D eigenvalue weighted by Gasteiger charge is -2.38. The molecule has 1 aliphatic carbocycles. The minimum atomic E-state index is 0.587. The molecule has 0 unspecified atom stereocenters. The second-order valence-electron chi connectivity index (χ2n) is 6.96. The van der Waals surface area contributed by atoms with Crippen molar-refractivity contribution in [1.29, 1.82) is 0 Å². The first-order valence-electron chi connectivity index (χ1n) is 8.68. The molecule has 2 aromatic rings. The molecule has 0 amide bonds. The van der Waals surface area contributed by atoms with E-state index in [0.717, 1.165) is 37.0 Å². The van der Waals surface area contributed by atoms with Gasteiger partial charge in [-0.25, -0.2) is 4.98 Å². The van der Waals surface area contributed by atoms with Crippen LogP contribution in [0.1, 0.15) is 31.2 Å². The molecule has 0 bridgehead atoms. The number of likely N-dealkylation sites (tertiary alicyclic amines) is 1. The maximum absolute atomic E-state index is 4.48. The van der Waals surface area contributed by atoms with E-state index in [0.29, 0.717) is 5.41 Å². The summed E-state index contributed by atoms with van der Waals surface area (Å²) < 4.78 is 0. The van der Waals surface area contributed by atoms with Crippen molar-refractivity contribution in [2.75, 3.05) is 20.1 Å². The van der Waals surface area contributed by atoms with E-state index in [9.17, 15) is 0 Å². The first-order chi connectivity index (χ1) is 11.8. The van der Waals surface area contributed by atoms with Crippen molar-refractivity contribution in [2.24, 2.45) is 10.4 Å². The molecule has 6 nitrogen and oxygen atoms in total. The van der Waals surface area contributed by atoms with Crippen LogP contribution in [-0.2, 0) is 6.54 Å². The monoisotopic (exact) mass is 324 g/mol. The molecule has 126 valence electrons. The largest absolute Gasteiger partial charge is 0.352 e. The Morgan fingerprint density at radius 3 is 2.96 bits per heavy atom. The van der Waals surface area contributed by atoms with E-state index < -0.39 is 0 Å². The molecule has 2 N–H and O–H groups in total. The number of hydrogen-bond donors (Lipinski definition) is 2. The lowest BCUT2D eigenvalue weighted by molar-refractivity contribution is 0.151. The molecule has 1 spiro atoms. The summed E-state index contributed by atoms with van der Waals surface area (Å²) in [5.41, 5.74) is 2.85. The number of nitrogens with one attached hydrogen (secondary N) is 2. The summed E-state index contributed by atoms with van der Waals surface area (Å²) in [5, 5.41) is 10.3. The molecular formula is C18H24N6. The molecule has 2 heterocycles. The van der Waals surface area contributed by atoms with E-state index in [-0.39, 0.29) is 0 Å². The molecule has 0 atom stereocenters. The van der Waals surface area contributed by atoms with Crippen molar-refractivity contribution in [3.8, 4) is 11.4 Å². The molecule has 1 aliphatic heterocycles. The highest BCUT2D eigenvalue weighted by molar-refractivity contribution is 5.80. The highest BCUT2D eigenvalue weighted by Crippen LogP contribution is 2.47. The molecule has 1 saturated carbocycles. The third-order valence-electron chi connectivity index (χ3n) is 5.43. The quantitative estimate of drug-likeness (QED) is 0.672. The van der Waals surface area contributed by atoms with Crippen molar-refractivity contribution < 1.29 is 0 Å². The number of benzene rings is 1. The summed E-state index contributed by atoms with van der Waals surface area (Å²) in [6.45, 7) is 3.04. The Morgan fingerprint density at radius 2 is 2.29 bits per heavy atom. The number of aromatic amines is 1. The van der Waals surface area contributed by atoms with Gasteiger partial charge < -0.3 is 10.2 Å². The van der Waals surface area contributed by atoms with Crippen LogP contribution >= 0.6 is 0 Å². The Balaban J connectivity index is 1.40. The lowest BCUT2D eigenvalue weighted by atomic mass is 9.68. The van der Waals surface area contributed by atoms with Crippen molar-refractivity contribution >= 4 is 5.96 Å². The van der Waals surface area contributed by atoms with Crippen molar-refractivity contribution in [3.63, 3.8) is 0 Å². The first-order valence-corrected chi connectivity index (χ1v) is 8.68. The third kappa shape index (κ3) is 2.88. The Hall–Kier alpha value is -2.37. The number of aliphatic imine (C=N–C) groups is 1. The van der Waals surface area contributed by atoms with Gasteiger partial charge in [-0.05, 0) is 36.3 Å². The van der Waals surface area contributed by atoms with Gasteiger partial charge in [-0.15, -0.1) is 0 Å². The number of rotatable bonds is 3. The zero-order valence-electron chi connectivity index (χ0n) is 14.1. The van der Waals surface area contributed by atoms with E-state index in [1.165, 1.54) is 37.6 Å². The van der Waals surface area contributed by atoms with Gasteiger partial charge in [0.05, 0.1) is 0 Å². The number of guanidine groups is 1. The minimum Gasteiger partial charge on any atom is -0.352 e. The fraction of sp³-hybridized carbons (Fsp3) is 0.500. The standard InChI is InChI=1S/C18H24N6/c1-19-17(24-9-8-18(12-24)6-3-7-18)20-11-14-4-2-5-15(10-14)16-21-13-22-23-16/h2,4-5,10,13H,3,6-9,11-12H2,1H3,(H,19,20)(H,21,22,23). The van der Waals surface area contributed by atoms with Gasteiger partial charge in [-0.3, -0.25) is 10.1 Å². The van der Waals surface area contributed by atoms with E-state index in [4.69, 9.17) is 0 Å². The molecule has 2 aliphatic rings. The van der Waals surface area contributed by atoms with Crippen LogP contribution in [0.2, 0.25) is 0 Å². The molecule has 1 saturated heterocycles. The molecule has 1 aromatic heterocycles. The lowest BCUT2D eigenvalue weighted by Crippen LogP contribution is -2.42. The number of aromatic nitrogens is 3. The second kappa shape index (κ2) is 6.26. The first kappa shape index (κ1) is 15.2.